The van der Waals surface area contributed by atoms with Gasteiger partial charge in [-0.3, -0.25) is 0 Å². The van der Waals surface area contributed by atoms with E-state index in [-0.39, 0.29) is 11.9 Å². The van der Waals surface area contributed by atoms with Gasteiger partial charge in [0.2, 0.25) is 0 Å². The van der Waals surface area contributed by atoms with Gasteiger partial charge in [-0.2, -0.15) is 0 Å². The summed E-state index contributed by atoms with van der Waals surface area (Å²) in [6.45, 7) is 4.20. The van der Waals surface area contributed by atoms with E-state index in [4.69, 9.17) is 5.73 Å². The van der Waals surface area contributed by atoms with Crippen molar-refractivity contribution >= 4 is 0 Å². The Morgan fingerprint density at radius 2 is 1.67 bits per heavy atom. The molecular weight excluding hydrogens is 225 g/mol. The lowest BCUT2D eigenvalue weighted by Crippen LogP contribution is -2.13. The Labute approximate surface area is 107 Å². The quantitative estimate of drug-likeness (QED) is 0.874. The first-order valence-electron chi connectivity index (χ1n) is 6.13. The summed E-state index contributed by atoms with van der Waals surface area (Å²) < 4.78 is 12.8. The van der Waals surface area contributed by atoms with Crippen molar-refractivity contribution in [1.82, 2.24) is 0 Å². The second-order valence-corrected chi connectivity index (χ2v) is 4.78. The monoisotopic (exact) mass is 243 g/mol. The molecule has 0 aliphatic heterocycles. The third-order valence-corrected chi connectivity index (χ3v) is 3.33. The zero-order valence-corrected chi connectivity index (χ0v) is 10.8. The summed E-state index contributed by atoms with van der Waals surface area (Å²) in [5.74, 6) is -0.225. The second kappa shape index (κ2) is 5.32. The number of benzene rings is 2. The number of hydrogen-bond acceptors (Lipinski definition) is 1. The van der Waals surface area contributed by atoms with E-state index in [0.29, 0.717) is 0 Å². The van der Waals surface area contributed by atoms with Crippen molar-refractivity contribution in [2.75, 3.05) is 0 Å². The Morgan fingerprint density at radius 3 is 2.28 bits per heavy atom. The fourth-order valence-electron chi connectivity index (χ4n) is 2.01. The van der Waals surface area contributed by atoms with Crippen LogP contribution in [-0.4, -0.2) is 0 Å². The third-order valence-electron chi connectivity index (χ3n) is 3.33. The van der Waals surface area contributed by atoms with Gasteiger partial charge in [0.1, 0.15) is 5.82 Å². The second-order valence-electron chi connectivity index (χ2n) is 4.78. The maximum Gasteiger partial charge on any atom is 0.123 e. The van der Waals surface area contributed by atoms with Crippen molar-refractivity contribution < 1.29 is 4.39 Å². The Balaban J connectivity index is 2.13. The molecule has 1 unspecified atom stereocenters. The summed E-state index contributed by atoms with van der Waals surface area (Å²) in [6, 6.07) is 12.7. The molecule has 2 aromatic carbocycles. The SMILES string of the molecule is Cc1ccc(CC(N)c2ccc(F)cc2)cc1C. The van der Waals surface area contributed by atoms with E-state index < -0.39 is 0 Å². The first-order chi connectivity index (χ1) is 8.56. The average molecular weight is 243 g/mol. The highest BCUT2D eigenvalue weighted by Gasteiger charge is 2.07. The normalized spacial score (nSPS) is 12.4. The molecule has 0 amide bonds. The smallest absolute Gasteiger partial charge is 0.123 e. The molecule has 0 aliphatic rings. The third kappa shape index (κ3) is 2.96. The summed E-state index contributed by atoms with van der Waals surface area (Å²) in [4.78, 5) is 0. The van der Waals surface area contributed by atoms with Crippen LogP contribution >= 0.6 is 0 Å². The van der Waals surface area contributed by atoms with E-state index >= 15 is 0 Å². The summed E-state index contributed by atoms with van der Waals surface area (Å²) in [5, 5.41) is 0. The van der Waals surface area contributed by atoms with Crippen molar-refractivity contribution in [3.8, 4) is 0 Å². The predicted octanol–water partition coefficient (Wildman–Crippen LogP) is 3.69. The fraction of sp³-hybridized carbons (Fsp3) is 0.250. The van der Waals surface area contributed by atoms with E-state index in [1.165, 1.54) is 28.8 Å². The van der Waals surface area contributed by atoms with Crippen LogP contribution in [0.5, 0.6) is 0 Å². The Kier molecular flexibility index (Phi) is 3.78. The number of rotatable bonds is 3. The van der Waals surface area contributed by atoms with Crippen molar-refractivity contribution in [2.24, 2.45) is 5.73 Å². The van der Waals surface area contributed by atoms with E-state index in [2.05, 4.69) is 32.0 Å². The van der Waals surface area contributed by atoms with Gasteiger partial charge in [0.25, 0.3) is 0 Å². The van der Waals surface area contributed by atoms with Crippen LogP contribution in [0.4, 0.5) is 4.39 Å². The summed E-state index contributed by atoms with van der Waals surface area (Å²) in [6.07, 6.45) is 0.771. The number of nitrogens with two attached hydrogens (primary N) is 1. The number of aryl methyl sites for hydroxylation is 2. The van der Waals surface area contributed by atoms with Crippen molar-refractivity contribution in [1.29, 1.82) is 0 Å². The molecule has 0 heterocycles. The van der Waals surface area contributed by atoms with Gasteiger partial charge in [-0.1, -0.05) is 30.3 Å². The molecular formula is C16H18FN. The van der Waals surface area contributed by atoms with Crippen LogP contribution in [0.25, 0.3) is 0 Å². The highest BCUT2D eigenvalue weighted by molar-refractivity contribution is 5.31. The largest absolute Gasteiger partial charge is 0.324 e. The Morgan fingerprint density at radius 1 is 1.00 bits per heavy atom. The lowest BCUT2D eigenvalue weighted by Gasteiger charge is -2.13. The topological polar surface area (TPSA) is 26.0 Å². The maximum absolute atomic E-state index is 12.8. The molecule has 2 aromatic rings. The van der Waals surface area contributed by atoms with Gasteiger partial charge in [0, 0.05) is 6.04 Å². The fourth-order valence-corrected chi connectivity index (χ4v) is 2.01. The predicted molar refractivity (Wildman–Crippen MR) is 72.9 cm³/mol. The molecule has 94 valence electrons. The van der Waals surface area contributed by atoms with Crippen LogP contribution in [-0.2, 0) is 6.42 Å². The molecule has 2 heteroatoms. The molecule has 0 aliphatic carbocycles. The summed E-state index contributed by atoms with van der Waals surface area (Å²) >= 11 is 0. The van der Waals surface area contributed by atoms with Gasteiger partial charge in [0.05, 0.1) is 0 Å². The van der Waals surface area contributed by atoms with Crippen LogP contribution in [0.2, 0.25) is 0 Å². The minimum Gasteiger partial charge on any atom is -0.324 e. The average Bonchev–Trinajstić information content (AvgIpc) is 2.34. The molecule has 0 bridgehead atoms. The van der Waals surface area contributed by atoms with Crippen LogP contribution in [0.15, 0.2) is 42.5 Å². The van der Waals surface area contributed by atoms with Crippen molar-refractivity contribution in [2.45, 2.75) is 26.3 Å². The van der Waals surface area contributed by atoms with E-state index in [1.54, 1.807) is 12.1 Å². The molecule has 0 saturated heterocycles. The highest BCUT2D eigenvalue weighted by atomic mass is 19.1. The molecule has 1 atom stereocenters. The highest BCUT2D eigenvalue weighted by Crippen LogP contribution is 2.18. The number of halogens is 1. The molecule has 2 N–H and O–H groups in total. The molecule has 1 nitrogen and oxygen atoms in total. The zero-order valence-electron chi connectivity index (χ0n) is 10.8. The standard InChI is InChI=1S/C16H18FN/c1-11-3-4-13(9-12(11)2)10-16(18)14-5-7-15(17)8-6-14/h3-9,16H,10,18H2,1-2H3. The lowest BCUT2D eigenvalue weighted by atomic mass is 9.97. The first kappa shape index (κ1) is 12.8. The first-order valence-corrected chi connectivity index (χ1v) is 6.13. The lowest BCUT2D eigenvalue weighted by molar-refractivity contribution is 0.624. The van der Waals surface area contributed by atoms with E-state index in [1.807, 2.05) is 0 Å². The minimum atomic E-state index is -0.225. The van der Waals surface area contributed by atoms with Crippen LogP contribution in [0.3, 0.4) is 0 Å². The van der Waals surface area contributed by atoms with Gasteiger partial charge < -0.3 is 5.73 Å². The maximum atomic E-state index is 12.8. The van der Waals surface area contributed by atoms with Crippen molar-refractivity contribution in [3.05, 3.63) is 70.5 Å². The van der Waals surface area contributed by atoms with E-state index in [0.717, 1.165) is 12.0 Å². The number of hydrogen-bond donors (Lipinski definition) is 1. The molecule has 2 rings (SSSR count). The molecule has 0 spiro atoms. The summed E-state index contributed by atoms with van der Waals surface area (Å²) in [7, 11) is 0. The summed E-state index contributed by atoms with van der Waals surface area (Å²) in [5.41, 5.74) is 10.9. The van der Waals surface area contributed by atoms with E-state index in [9.17, 15) is 4.39 Å². The van der Waals surface area contributed by atoms with Gasteiger partial charge in [0.15, 0.2) is 0 Å². The van der Waals surface area contributed by atoms with Crippen LogP contribution in [0.1, 0.15) is 28.3 Å². The molecule has 0 radical (unpaired) electrons. The van der Waals surface area contributed by atoms with Crippen LogP contribution < -0.4 is 5.73 Å². The molecule has 0 fully saturated rings. The van der Waals surface area contributed by atoms with Gasteiger partial charge in [-0.25, -0.2) is 4.39 Å². The Hall–Kier alpha value is -1.67. The van der Waals surface area contributed by atoms with Crippen LogP contribution in [0, 0.1) is 19.7 Å². The molecule has 18 heavy (non-hydrogen) atoms. The van der Waals surface area contributed by atoms with Crippen molar-refractivity contribution in [3.63, 3.8) is 0 Å². The van der Waals surface area contributed by atoms with Gasteiger partial charge >= 0.3 is 0 Å². The molecule has 0 aromatic heterocycles. The zero-order chi connectivity index (χ0) is 13.1. The van der Waals surface area contributed by atoms with Gasteiger partial charge in [-0.05, 0) is 54.7 Å². The minimum absolute atomic E-state index is 0.0901. The molecule has 0 saturated carbocycles. The van der Waals surface area contributed by atoms with Gasteiger partial charge in [-0.15, -0.1) is 0 Å². The Bertz CT molecular complexity index is 531.